The lowest BCUT2D eigenvalue weighted by atomic mass is 10.0. The molecule has 2 atom stereocenters. The Morgan fingerprint density at radius 1 is 1.41 bits per heavy atom. The van der Waals surface area contributed by atoms with Gasteiger partial charge in [-0.1, -0.05) is 11.3 Å². The number of benzene rings is 1. The number of fused-ring (bicyclic) bond motifs is 2. The van der Waals surface area contributed by atoms with E-state index in [2.05, 4.69) is 20.5 Å². The molecule has 1 saturated carbocycles. The second-order valence-electron chi connectivity index (χ2n) is 7.63. The van der Waals surface area contributed by atoms with Gasteiger partial charge in [-0.25, -0.2) is 18.7 Å². The van der Waals surface area contributed by atoms with E-state index in [1.54, 1.807) is 18.3 Å². The molecule has 1 fully saturated rings. The van der Waals surface area contributed by atoms with E-state index in [0.717, 1.165) is 5.39 Å². The summed E-state index contributed by atoms with van der Waals surface area (Å²) >= 11 is 2.53. The number of carbonyl (C=O) groups is 1. The van der Waals surface area contributed by atoms with Gasteiger partial charge in [0, 0.05) is 24.5 Å². The van der Waals surface area contributed by atoms with E-state index in [1.807, 2.05) is 25.1 Å². The van der Waals surface area contributed by atoms with E-state index in [1.165, 1.54) is 23.1 Å². The fourth-order valence-electron chi connectivity index (χ4n) is 3.71. The van der Waals surface area contributed by atoms with Crippen LogP contribution in [0.4, 0.5) is 19.6 Å². The highest BCUT2D eigenvalue weighted by molar-refractivity contribution is 7.98. The molecule has 2 N–H and O–H groups in total. The molecule has 0 unspecified atom stereocenters. The van der Waals surface area contributed by atoms with Gasteiger partial charge in [0.2, 0.25) is 5.91 Å². The van der Waals surface area contributed by atoms with Gasteiger partial charge in [0.25, 0.3) is 0 Å². The molecule has 1 aliphatic carbocycles. The summed E-state index contributed by atoms with van der Waals surface area (Å²) in [5.41, 5.74) is 2.95. The van der Waals surface area contributed by atoms with Gasteiger partial charge in [0.05, 0.1) is 33.9 Å². The average Bonchev–Trinajstić information content (AvgIpc) is 3.15. The second kappa shape index (κ2) is 7.96. The summed E-state index contributed by atoms with van der Waals surface area (Å²) in [6.45, 7) is 2.60. The number of H-pyrrole nitrogens is 1. The van der Waals surface area contributed by atoms with E-state index < -0.39 is 12.1 Å². The molecule has 11 heteroatoms. The molecule has 1 amide bonds. The third-order valence-electron chi connectivity index (χ3n) is 5.63. The molecule has 5 rings (SSSR count). The summed E-state index contributed by atoms with van der Waals surface area (Å²) in [6, 6.07) is 3.58. The summed E-state index contributed by atoms with van der Waals surface area (Å²) < 4.78 is 28.8. The SMILES string of the molecule is CCN(C)c1c(F)c(SC)c(-c2ccc3nc(NC(=O)[C@@H]4C[C@@H]4F)sc3n2)c2cn[nH]c12. The first-order valence-corrected chi connectivity index (χ1v) is 12.1. The van der Waals surface area contributed by atoms with Crippen LogP contribution in [0.25, 0.3) is 32.5 Å². The van der Waals surface area contributed by atoms with Crippen LogP contribution in [-0.4, -0.2) is 52.1 Å². The first kappa shape index (κ1) is 21.1. The Hall–Kier alpha value is -2.79. The number of anilines is 2. The Bertz CT molecular complexity index is 1350. The van der Waals surface area contributed by atoms with E-state index in [9.17, 15) is 9.18 Å². The van der Waals surface area contributed by atoms with Crippen molar-refractivity contribution in [2.45, 2.75) is 24.4 Å². The molecule has 1 aliphatic rings. The monoisotopic (exact) mass is 474 g/mol. The molecule has 1 aromatic carbocycles. The molecule has 7 nitrogen and oxygen atoms in total. The first-order chi connectivity index (χ1) is 15.4. The Labute approximate surface area is 190 Å². The standard InChI is InChI=1S/C21H20F2N6OS2/c1-4-29(2)17-15(23)18(31-3)14(10-8-24-28-16(10)17)12-5-6-13-20(25-12)32-21(26-13)27-19(30)9-7-11(9)22/h5-6,8-9,11H,4,7H2,1-3H3,(H,24,28)(H,26,27,30)/t9-,11+/m1/s1. The Morgan fingerprint density at radius 3 is 2.88 bits per heavy atom. The summed E-state index contributed by atoms with van der Waals surface area (Å²) in [5, 5.41) is 10.9. The molecule has 166 valence electrons. The smallest absolute Gasteiger partial charge is 0.232 e. The number of amides is 1. The summed E-state index contributed by atoms with van der Waals surface area (Å²) in [6.07, 6.45) is 2.70. The number of aromatic amines is 1. The van der Waals surface area contributed by atoms with Crippen LogP contribution in [0.1, 0.15) is 13.3 Å². The number of hydrogen-bond acceptors (Lipinski definition) is 7. The van der Waals surface area contributed by atoms with Crippen LogP contribution in [0.15, 0.2) is 23.2 Å². The number of alkyl halides is 1. The topological polar surface area (TPSA) is 86.8 Å². The van der Waals surface area contributed by atoms with Crippen molar-refractivity contribution in [1.82, 2.24) is 20.2 Å². The van der Waals surface area contributed by atoms with Crippen molar-refractivity contribution >= 4 is 61.1 Å². The lowest BCUT2D eigenvalue weighted by Crippen LogP contribution is -2.18. The van der Waals surface area contributed by atoms with E-state index in [4.69, 9.17) is 4.98 Å². The van der Waals surface area contributed by atoms with Crippen molar-refractivity contribution < 1.29 is 13.6 Å². The van der Waals surface area contributed by atoms with Gasteiger partial charge in [-0.3, -0.25) is 9.89 Å². The van der Waals surface area contributed by atoms with Gasteiger partial charge in [-0.2, -0.15) is 5.10 Å². The fraction of sp³-hybridized carbons (Fsp3) is 0.333. The molecule has 4 aromatic rings. The zero-order chi connectivity index (χ0) is 22.6. The van der Waals surface area contributed by atoms with Gasteiger partial charge in [0.1, 0.15) is 16.5 Å². The molecule has 0 radical (unpaired) electrons. The number of thiazole rings is 1. The highest BCUT2D eigenvalue weighted by Gasteiger charge is 2.43. The summed E-state index contributed by atoms with van der Waals surface area (Å²) in [7, 11) is 1.84. The van der Waals surface area contributed by atoms with Crippen molar-refractivity contribution in [3.05, 3.63) is 24.1 Å². The molecule has 3 aromatic heterocycles. The maximum Gasteiger partial charge on any atom is 0.232 e. The summed E-state index contributed by atoms with van der Waals surface area (Å²) in [4.78, 5) is 24.1. The normalized spacial score (nSPS) is 17.8. The minimum Gasteiger partial charge on any atom is -0.371 e. The number of nitrogens with zero attached hydrogens (tertiary/aromatic N) is 4. The lowest BCUT2D eigenvalue weighted by molar-refractivity contribution is -0.117. The van der Waals surface area contributed by atoms with Crippen molar-refractivity contribution in [3.63, 3.8) is 0 Å². The molecule has 3 heterocycles. The Kier molecular flexibility index (Phi) is 5.25. The molecule has 0 aliphatic heterocycles. The number of hydrogen-bond donors (Lipinski definition) is 2. The van der Waals surface area contributed by atoms with Crippen molar-refractivity contribution in [1.29, 1.82) is 0 Å². The molecule has 0 bridgehead atoms. The lowest BCUT2D eigenvalue weighted by Gasteiger charge is -2.21. The van der Waals surface area contributed by atoms with Crippen LogP contribution in [0.5, 0.6) is 0 Å². The van der Waals surface area contributed by atoms with Crippen LogP contribution in [-0.2, 0) is 4.79 Å². The Morgan fingerprint density at radius 2 is 2.19 bits per heavy atom. The third-order valence-corrected chi connectivity index (χ3v) is 7.30. The predicted molar refractivity (Wildman–Crippen MR) is 125 cm³/mol. The van der Waals surface area contributed by atoms with Gasteiger partial charge in [-0.15, -0.1) is 11.8 Å². The highest BCUT2D eigenvalue weighted by atomic mass is 32.2. The van der Waals surface area contributed by atoms with Crippen molar-refractivity contribution in [2.75, 3.05) is 30.1 Å². The number of rotatable bonds is 6. The van der Waals surface area contributed by atoms with Crippen LogP contribution < -0.4 is 10.2 Å². The van der Waals surface area contributed by atoms with Crippen molar-refractivity contribution in [3.8, 4) is 11.3 Å². The minimum atomic E-state index is -1.07. The maximum absolute atomic E-state index is 15.6. The largest absolute Gasteiger partial charge is 0.371 e. The van der Waals surface area contributed by atoms with Gasteiger partial charge >= 0.3 is 0 Å². The van der Waals surface area contributed by atoms with E-state index >= 15 is 4.39 Å². The van der Waals surface area contributed by atoms with Crippen molar-refractivity contribution in [2.24, 2.45) is 5.92 Å². The van der Waals surface area contributed by atoms with Crippen LogP contribution >= 0.6 is 23.1 Å². The quantitative estimate of drug-likeness (QED) is 0.389. The maximum atomic E-state index is 15.6. The number of thioether (sulfide) groups is 1. The molecule has 32 heavy (non-hydrogen) atoms. The highest BCUT2D eigenvalue weighted by Crippen LogP contribution is 2.43. The second-order valence-corrected chi connectivity index (χ2v) is 9.42. The number of pyridine rings is 1. The zero-order valence-corrected chi connectivity index (χ0v) is 19.2. The van der Waals surface area contributed by atoms with Gasteiger partial charge < -0.3 is 10.2 Å². The number of carbonyl (C=O) groups excluding carboxylic acids is 1. The summed E-state index contributed by atoms with van der Waals surface area (Å²) in [5.74, 6) is -1.27. The fourth-order valence-corrected chi connectivity index (χ4v) is 5.25. The van der Waals surface area contributed by atoms with Gasteiger partial charge in [-0.05, 0) is 31.7 Å². The predicted octanol–water partition coefficient (Wildman–Crippen LogP) is 4.85. The number of aromatic nitrogens is 4. The number of halogens is 2. The van der Waals surface area contributed by atoms with Crippen LogP contribution in [0.2, 0.25) is 0 Å². The molecular formula is C21H20F2N6OS2. The Balaban J connectivity index is 1.61. The van der Waals surface area contributed by atoms with Crippen LogP contribution in [0.3, 0.4) is 0 Å². The minimum absolute atomic E-state index is 0.256. The number of nitrogens with one attached hydrogen (secondary N) is 2. The molecule has 0 saturated heterocycles. The zero-order valence-electron chi connectivity index (χ0n) is 17.6. The molecule has 0 spiro atoms. The van der Waals surface area contributed by atoms with Crippen LogP contribution in [0, 0.1) is 11.7 Å². The average molecular weight is 475 g/mol. The van der Waals surface area contributed by atoms with Gasteiger partial charge in [0.15, 0.2) is 10.9 Å². The molecular weight excluding hydrogens is 454 g/mol. The van der Waals surface area contributed by atoms with E-state index in [-0.39, 0.29) is 18.1 Å². The van der Waals surface area contributed by atoms with E-state index in [0.29, 0.717) is 49.4 Å². The third kappa shape index (κ3) is 3.39. The first-order valence-electron chi connectivity index (χ1n) is 10.1.